The lowest BCUT2D eigenvalue weighted by atomic mass is 9.88. The molecule has 148 valence electrons. The molecule has 0 radical (unpaired) electrons. The topological polar surface area (TPSA) is 43.4 Å². The highest BCUT2D eigenvalue weighted by Gasteiger charge is 2.33. The van der Waals surface area contributed by atoms with Gasteiger partial charge in [0.25, 0.3) is 0 Å². The number of thioether (sulfide) groups is 1. The van der Waals surface area contributed by atoms with Crippen LogP contribution >= 0.6 is 11.8 Å². The van der Waals surface area contributed by atoms with Gasteiger partial charge >= 0.3 is 5.97 Å². The van der Waals surface area contributed by atoms with Crippen LogP contribution in [-0.2, 0) is 14.3 Å². The Morgan fingerprint density at radius 2 is 1.88 bits per heavy atom. The van der Waals surface area contributed by atoms with Crippen molar-refractivity contribution in [3.8, 4) is 0 Å². The molecule has 0 bridgehead atoms. The molecule has 2 atom stereocenters. The lowest BCUT2D eigenvalue weighted by Gasteiger charge is -2.15. The summed E-state index contributed by atoms with van der Waals surface area (Å²) in [5, 5.41) is 0. The van der Waals surface area contributed by atoms with Crippen LogP contribution < -0.4 is 0 Å². The number of methoxy groups -OCH3 is 1. The Labute approximate surface area is 164 Å². The predicted octanol–water partition coefficient (Wildman–Crippen LogP) is 6.09. The zero-order valence-electron chi connectivity index (χ0n) is 16.8. The quantitative estimate of drug-likeness (QED) is 0.208. The molecule has 3 nitrogen and oxygen atoms in total. The van der Waals surface area contributed by atoms with Crippen LogP contribution in [0.25, 0.3) is 0 Å². The molecule has 0 heterocycles. The Hall–Kier alpha value is -1.03. The van der Waals surface area contributed by atoms with E-state index in [1.807, 2.05) is 6.26 Å². The van der Waals surface area contributed by atoms with E-state index in [2.05, 4.69) is 29.9 Å². The molecule has 0 aliphatic heterocycles. The fourth-order valence-corrected chi connectivity index (χ4v) is 4.09. The smallest absolute Gasteiger partial charge is 0.305 e. The van der Waals surface area contributed by atoms with Crippen molar-refractivity contribution in [2.45, 2.75) is 77.6 Å². The van der Waals surface area contributed by atoms with Gasteiger partial charge in [0.1, 0.15) is 0 Å². The van der Waals surface area contributed by atoms with Crippen molar-refractivity contribution in [2.75, 3.05) is 13.4 Å². The van der Waals surface area contributed by atoms with E-state index in [4.69, 9.17) is 0 Å². The molecule has 1 aliphatic carbocycles. The van der Waals surface area contributed by atoms with E-state index >= 15 is 0 Å². The third-order valence-corrected chi connectivity index (χ3v) is 5.84. The largest absolute Gasteiger partial charge is 0.469 e. The van der Waals surface area contributed by atoms with E-state index in [0.717, 1.165) is 43.4 Å². The molecule has 0 N–H and O–H groups in total. The predicted molar refractivity (Wildman–Crippen MR) is 111 cm³/mol. The van der Waals surface area contributed by atoms with E-state index in [0.29, 0.717) is 12.2 Å². The summed E-state index contributed by atoms with van der Waals surface area (Å²) in [5.74, 6) is 0.581. The lowest BCUT2D eigenvalue weighted by Crippen LogP contribution is -2.15. The summed E-state index contributed by atoms with van der Waals surface area (Å²) in [7, 11) is 1.43. The molecular weight excluding hydrogens is 344 g/mol. The number of hydrogen-bond acceptors (Lipinski definition) is 4. The molecule has 0 amide bonds. The Kier molecular flexibility index (Phi) is 12.5. The maximum atomic E-state index is 12.6. The normalized spacial score (nSPS) is 20.0. The zero-order valence-corrected chi connectivity index (χ0v) is 17.6. The molecule has 0 aromatic rings. The second-order valence-electron chi connectivity index (χ2n) is 7.09. The molecule has 0 saturated heterocycles. The van der Waals surface area contributed by atoms with E-state index < -0.39 is 0 Å². The highest BCUT2D eigenvalue weighted by molar-refractivity contribution is 8.03. The van der Waals surface area contributed by atoms with Crippen LogP contribution in [0, 0.1) is 11.8 Å². The van der Waals surface area contributed by atoms with Crippen LogP contribution in [-0.4, -0.2) is 25.1 Å². The third kappa shape index (κ3) is 8.57. The van der Waals surface area contributed by atoms with Crippen molar-refractivity contribution < 1.29 is 14.3 Å². The summed E-state index contributed by atoms with van der Waals surface area (Å²) in [4.78, 5) is 24.6. The summed E-state index contributed by atoms with van der Waals surface area (Å²) in [6.45, 7) is 2.23. The minimum absolute atomic E-state index is 0.116. The van der Waals surface area contributed by atoms with Crippen LogP contribution in [0.2, 0.25) is 0 Å². The van der Waals surface area contributed by atoms with Crippen molar-refractivity contribution in [2.24, 2.45) is 11.8 Å². The number of rotatable bonds is 14. The van der Waals surface area contributed by atoms with Crippen LogP contribution in [0.5, 0.6) is 0 Å². The van der Waals surface area contributed by atoms with Gasteiger partial charge in [-0.1, -0.05) is 63.7 Å². The Morgan fingerprint density at radius 3 is 2.58 bits per heavy atom. The number of ketones is 1. The molecule has 0 saturated carbocycles. The van der Waals surface area contributed by atoms with Crippen molar-refractivity contribution in [3.05, 3.63) is 23.1 Å². The number of hydrogen-bond donors (Lipinski definition) is 0. The monoisotopic (exact) mass is 380 g/mol. The summed E-state index contributed by atoms with van der Waals surface area (Å²) >= 11 is 1.58. The second kappa shape index (κ2) is 14.1. The second-order valence-corrected chi connectivity index (χ2v) is 7.94. The van der Waals surface area contributed by atoms with E-state index in [1.165, 1.54) is 32.8 Å². The minimum Gasteiger partial charge on any atom is -0.469 e. The van der Waals surface area contributed by atoms with Crippen molar-refractivity contribution in [1.29, 1.82) is 0 Å². The summed E-state index contributed by atoms with van der Waals surface area (Å²) in [6.07, 6.45) is 20.4. The standard InChI is InChI=1S/C22H36O3S/c1-4-5-6-7-8-11-14-18-17-20(26-3)22(24)19(18)15-12-9-10-13-16-21(23)25-2/h11,14,17-19H,4-10,12-13,15-16H2,1-3H3/b14-11+. The van der Waals surface area contributed by atoms with Crippen LogP contribution in [0.3, 0.4) is 0 Å². The van der Waals surface area contributed by atoms with Gasteiger partial charge in [0.2, 0.25) is 0 Å². The maximum absolute atomic E-state index is 12.6. The first kappa shape index (κ1) is 23.0. The van der Waals surface area contributed by atoms with E-state index in [9.17, 15) is 9.59 Å². The third-order valence-electron chi connectivity index (χ3n) is 5.06. The number of allylic oxidation sites excluding steroid dienone is 4. The number of unbranched alkanes of at least 4 members (excludes halogenated alkanes) is 7. The highest BCUT2D eigenvalue weighted by Crippen LogP contribution is 2.36. The molecule has 0 spiro atoms. The molecule has 26 heavy (non-hydrogen) atoms. The Bertz CT molecular complexity index is 482. The first-order valence-electron chi connectivity index (χ1n) is 10.2. The summed E-state index contributed by atoms with van der Waals surface area (Å²) in [6, 6.07) is 0. The first-order valence-corrected chi connectivity index (χ1v) is 11.4. The van der Waals surface area contributed by atoms with Gasteiger partial charge < -0.3 is 4.74 Å². The summed E-state index contributed by atoms with van der Waals surface area (Å²) in [5.41, 5.74) is 0. The van der Waals surface area contributed by atoms with Gasteiger partial charge in [0, 0.05) is 23.2 Å². The van der Waals surface area contributed by atoms with Gasteiger partial charge in [0.05, 0.1) is 7.11 Å². The van der Waals surface area contributed by atoms with Crippen molar-refractivity contribution >= 4 is 23.5 Å². The number of carbonyl (C=O) groups excluding carboxylic acids is 2. The van der Waals surface area contributed by atoms with Crippen LogP contribution in [0.1, 0.15) is 77.6 Å². The van der Waals surface area contributed by atoms with Gasteiger partial charge in [-0.15, -0.1) is 11.8 Å². The van der Waals surface area contributed by atoms with Crippen molar-refractivity contribution in [1.82, 2.24) is 0 Å². The SMILES string of the molecule is CCCCCC/C=C/C1C=C(SC)C(=O)C1CCCCCCC(=O)OC. The van der Waals surface area contributed by atoms with Crippen molar-refractivity contribution in [3.63, 3.8) is 0 Å². The van der Waals surface area contributed by atoms with Gasteiger partial charge in [0.15, 0.2) is 5.78 Å². The molecule has 1 aliphatic rings. The Morgan fingerprint density at radius 1 is 1.15 bits per heavy atom. The number of carbonyl (C=O) groups is 2. The number of ether oxygens (including phenoxy) is 1. The average Bonchev–Trinajstić information content (AvgIpc) is 2.95. The maximum Gasteiger partial charge on any atom is 0.305 e. The number of esters is 1. The fourth-order valence-electron chi connectivity index (χ4n) is 3.44. The lowest BCUT2D eigenvalue weighted by molar-refractivity contribution is -0.140. The average molecular weight is 381 g/mol. The molecular formula is C22H36O3S. The number of Topliss-reactive ketones (excluding diaryl/α,β-unsaturated/α-hetero) is 1. The Balaban J connectivity index is 2.36. The molecule has 0 aromatic carbocycles. The zero-order chi connectivity index (χ0) is 19.2. The van der Waals surface area contributed by atoms with Crippen LogP contribution in [0.15, 0.2) is 23.1 Å². The van der Waals surface area contributed by atoms with E-state index in [-0.39, 0.29) is 17.8 Å². The first-order chi connectivity index (χ1) is 12.6. The van der Waals surface area contributed by atoms with Gasteiger partial charge in [-0.25, -0.2) is 0 Å². The molecule has 1 rings (SSSR count). The van der Waals surface area contributed by atoms with Gasteiger partial charge in [-0.05, 0) is 31.9 Å². The molecule has 0 aromatic heterocycles. The minimum atomic E-state index is -0.131. The molecule has 0 fully saturated rings. The van der Waals surface area contributed by atoms with Crippen LogP contribution in [0.4, 0.5) is 0 Å². The van der Waals surface area contributed by atoms with Gasteiger partial charge in [-0.3, -0.25) is 9.59 Å². The molecule has 4 heteroatoms. The summed E-state index contributed by atoms with van der Waals surface area (Å²) < 4.78 is 4.66. The van der Waals surface area contributed by atoms with Gasteiger partial charge in [-0.2, -0.15) is 0 Å². The fraction of sp³-hybridized carbons (Fsp3) is 0.727. The molecule has 2 unspecified atom stereocenters. The van der Waals surface area contributed by atoms with E-state index in [1.54, 1.807) is 11.8 Å². The highest BCUT2D eigenvalue weighted by atomic mass is 32.2.